The van der Waals surface area contributed by atoms with Crippen molar-refractivity contribution in [2.24, 2.45) is 0 Å². The Morgan fingerprint density at radius 2 is 2.00 bits per heavy atom. The van der Waals surface area contributed by atoms with E-state index in [0.717, 1.165) is 12.1 Å². The summed E-state index contributed by atoms with van der Waals surface area (Å²) in [5, 5.41) is 11.8. The Hall–Kier alpha value is -1.43. The van der Waals surface area contributed by atoms with Gasteiger partial charge in [-0.2, -0.15) is 0 Å². The fraction of sp³-hybridized carbons (Fsp3) is 0.500. The van der Waals surface area contributed by atoms with Crippen molar-refractivity contribution in [3.8, 4) is 0 Å². The molecule has 1 rings (SSSR count). The zero-order valence-electron chi connectivity index (χ0n) is 11.7. The van der Waals surface area contributed by atoms with E-state index in [0.29, 0.717) is 12.2 Å². The Morgan fingerprint density at radius 1 is 1.37 bits per heavy atom. The number of carbonyl (C=O) groups excluding carboxylic acids is 1. The molecule has 0 aliphatic rings. The van der Waals surface area contributed by atoms with E-state index in [4.69, 9.17) is 9.84 Å². The molecule has 0 heterocycles. The van der Waals surface area contributed by atoms with Gasteiger partial charge in [-0.05, 0) is 31.8 Å². The van der Waals surface area contributed by atoms with Crippen LogP contribution in [0.2, 0.25) is 0 Å². The lowest BCUT2D eigenvalue weighted by Gasteiger charge is -2.15. The molecule has 106 valence electrons. The Bertz CT molecular complexity index is 390. The Labute approximate surface area is 114 Å². The molecule has 1 aromatic rings. The summed E-state index contributed by atoms with van der Waals surface area (Å²) < 4.78 is 4.91. The van der Waals surface area contributed by atoms with E-state index < -0.39 is 0 Å². The van der Waals surface area contributed by atoms with Crippen LogP contribution < -0.4 is 5.32 Å². The van der Waals surface area contributed by atoms with Gasteiger partial charge in [-0.15, -0.1) is 0 Å². The average molecular weight is 266 g/mol. The van der Waals surface area contributed by atoms with Crippen molar-refractivity contribution >= 4 is 5.91 Å². The lowest BCUT2D eigenvalue weighted by molar-refractivity contribution is 0.0839. The van der Waals surface area contributed by atoms with Gasteiger partial charge in [0.15, 0.2) is 0 Å². The fourth-order valence-corrected chi connectivity index (χ4v) is 1.74. The molecule has 1 aromatic carbocycles. The smallest absolute Gasteiger partial charge is 0.251 e. The van der Waals surface area contributed by atoms with Gasteiger partial charge in [0, 0.05) is 19.2 Å². The summed E-state index contributed by atoms with van der Waals surface area (Å²) in [5.41, 5.74) is 1.73. The minimum absolute atomic E-state index is 0.141. The van der Waals surface area contributed by atoms with Crippen LogP contribution in [0.25, 0.3) is 0 Å². The lowest BCUT2D eigenvalue weighted by Crippen LogP contribution is -2.40. The van der Waals surface area contributed by atoms with Crippen LogP contribution in [0.4, 0.5) is 0 Å². The van der Waals surface area contributed by atoms with Gasteiger partial charge in [0.2, 0.25) is 0 Å². The molecule has 0 saturated heterocycles. The van der Waals surface area contributed by atoms with Crippen molar-refractivity contribution in [3.05, 3.63) is 35.4 Å². The van der Waals surface area contributed by atoms with Gasteiger partial charge in [-0.1, -0.05) is 12.1 Å². The number of nitrogens with zero attached hydrogens (tertiary/aromatic N) is 1. The first-order valence-electron chi connectivity index (χ1n) is 6.21. The van der Waals surface area contributed by atoms with Crippen LogP contribution in [-0.4, -0.2) is 56.4 Å². The molecule has 5 nitrogen and oxygen atoms in total. The molecular weight excluding hydrogens is 244 g/mol. The summed E-state index contributed by atoms with van der Waals surface area (Å²) in [5.74, 6) is -0.201. The maximum Gasteiger partial charge on any atom is 0.251 e. The Morgan fingerprint density at radius 3 is 2.47 bits per heavy atom. The van der Waals surface area contributed by atoms with Crippen LogP contribution in [-0.2, 0) is 11.3 Å². The second kappa shape index (κ2) is 7.89. The van der Waals surface area contributed by atoms with Gasteiger partial charge in [-0.25, -0.2) is 0 Å². The minimum atomic E-state index is -0.376. The quantitative estimate of drug-likeness (QED) is 0.754. The van der Waals surface area contributed by atoms with E-state index in [1.54, 1.807) is 12.1 Å². The summed E-state index contributed by atoms with van der Waals surface area (Å²) in [6, 6.07) is 7.06. The molecule has 0 fully saturated rings. The summed E-state index contributed by atoms with van der Waals surface area (Å²) in [6.45, 7) is 0.990. The zero-order valence-corrected chi connectivity index (χ0v) is 11.7. The highest BCUT2D eigenvalue weighted by Gasteiger charge is 2.12. The van der Waals surface area contributed by atoms with Gasteiger partial charge in [0.25, 0.3) is 5.91 Å². The molecule has 1 unspecified atom stereocenters. The Balaban J connectivity index is 2.62. The number of amides is 1. The monoisotopic (exact) mass is 266 g/mol. The molecule has 19 heavy (non-hydrogen) atoms. The summed E-state index contributed by atoms with van der Waals surface area (Å²) in [6.07, 6.45) is 0. The van der Waals surface area contributed by atoms with E-state index in [9.17, 15) is 4.79 Å². The average Bonchev–Trinajstić information content (AvgIpc) is 2.38. The van der Waals surface area contributed by atoms with Crippen LogP contribution in [0.1, 0.15) is 15.9 Å². The van der Waals surface area contributed by atoms with E-state index in [2.05, 4.69) is 10.2 Å². The highest BCUT2D eigenvalue weighted by Crippen LogP contribution is 2.06. The summed E-state index contributed by atoms with van der Waals surface area (Å²) >= 11 is 0. The normalized spacial score (nSPS) is 12.5. The first kappa shape index (κ1) is 15.6. The lowest BCUT2D eigenvalue weighted by atomic mass is 10.1. The van der Waals surface area contributed by atoms with E-state index >= 15 is 0 Å². The number of aliphatic hydroxyl groups is 1. The standard InChI is InChI=1S/C14H22N2O3/c1-16(2)8-11-4-6-12(7-5-11)14(18)15-13(9-17)10-19-3/h4-7,13,17H,8-10H2,1-3H3,(H,15,18). The van der Waals surface area contributed by atoms with E-state index in [1.165, 1.54) is 7.11 Å². The van der Waals surface area contributed by atoms with Crippen molar-refractivity contribution in [3.63, 3.8) is 0 Å². The molecule has 1 atom stereocenters. The fourth-order valence-electron chi connectivity index (χ4n) is 1.74. The third kappa shape index (κ3) is 5.38. The molecule has 0 radical (unpaired) electrons. The number of hydrogen-bond acceptors (Lipinski definition) is 4. The largest absolute Gasteiger partial charge is 0.394 e. The first-order chi connectivity index (χ1) is 9.06. The van der Waals surface area contributed by atoms with Gasteiger partial charge < -0.3 is 20.1 Å². The van der Waals surface area contributed by atoms with E-state index in [-0.39, 0.29) is 18.6 Å². The third-order valence-corrected chi connectivity index (χ3v) is 2.64. The van der Waals surface area contributed by atoms with Crippen molar-refractivity contribution in [2.75, 3.05) is 34.4 Å². The second-order valence-electron chi connectivity index (χ2n) is 4.74. The van der Waals surface area contributed by atoms with Crippen molar-refractivity contribution in [1.82, 2.24) is 10.2 Å². The molecular formula is C14H22N2O3. The highest BCUT2D eigenvalue weighted by molar-refractivity contribution is 5.94. The van der Waals surface area contributed by atoms with Crippen molar-refractivity contribution in [2.45, 2.75) is 12.6 Å². The molecule has 0 aromatic heterocycles. The van der Waals surface area contributed by atoms with Crippen LogP contribution in [0.15, 0.2) is 24.3 Å². The highest BCUT2D eigenvalue weighted by atomic mass is 16.5. The number of aliphatic hydroxyl groups excluding tert-OH is 1. The van der Waals surface area contributed by atoms with Crippen molar-refractivity contribution < 1.29 is 14.6 Å². The topological polar surface area (TPSA) is 61.8 Å². The first-order valence-corrected chi connectivity index (χ1v) is 6.21. The maximum absolute atomic E-state index is 11.9. The van der Waals surface area contributed by atoms with Crippen LogP contribution in [0.3, 0.4) is 0 Å². The predicted molar refractivity (Wildman–Crippen MR) is 74.0 cm³/mol. The predicted octanol–water partition coefficient (Wildman–Crippen LogP) is 0.485. The molecule has 0 aliphatic heterocycles. The molecule has 2 N–H and O–H groups in total. The second-order valence-corrected chi connectivity index (χ2v) is 4.74. The minimum Gasteiger partial charge on any atom is -0.394 e. The number of nitrogens with one attached hydrogen (secondary N) is 1. The van der Waals surface area contributed by atoms with Crippen LogP contribution >= 0.6 is 0 Å². The van der Waals surface area contributed by atoms with E-state index in [1.807, 2.05) is 26.2 Å². The van der Waals surface area contributed by atoms with Crippen molar-refractivity contribution in [1.29, 1.82) is 0 Å². The van der Waals surface area contributed by atoms with Gasteiger partial charge in [0.1, 0.15) is 0 Å². The third-order valence-electron chi connectivity index (χ3n) is 2.64. The van der Waals surface area contributed by atoms with Gasteiger partial charge >= 0.3 is 0 Å². The molecule has 0 aliphatic carbocycles. The number of methoxy groups -OCH3 is 1. The van der Waals surface area contributed by atoms with Gasteiger partial charge in [0.05, 0.1) is 19.3 Å². The molecule has 1 amide bonds. The summed E-state index contributed by atoms with van der Waals surface area (Å²) in [7, 11) is 5.53. The number of benzene rings is 1. The van der Waals surface area contributed by atoms with Crippen LogP contribution in [0.5, 0.6) is 0 Å². The number of carbonyl (C=O) groups is 1. The Kier molecular flexibility index (Phi) is 6.49. The zero-order chi connectivity index (χ0) is 14.3. The number of ether oxygens (including phenoxy) is 1. The van der Waals surface area contributed by atoms with Crippen LogP contribution in [0, 0.1) is 0 Å². The maximum atomic E-state index is 11.9. The molecule has 0 saturated carbocycles. The molecule has 0 bridgehead atoms. The number of hydrogen-bond donors (Lipinski definition) is 2. The van der Waals surface area contributed by atoms with Gasteiger partial charge in [-0.3, -0.25) is 4.79 Å². The number of rotatable bonds is 7. The molecule has 5 heteroatoms. The summed E-state index contributed by atoms with van der Waals surface area (Å²) in [4.78, 5) is 14.0. The molecule has 0 spiro atoms. The SMILES string of the molecule is COCC(CO)NC(=O)c1ccc(CN(C)C)cc1.